The lowest BCUT2D eigenvalue weighted by molar-refractivity contribution is 0.0996. The van der Waals surface area contributed by atoms with E-state index < -0.39 is 0 Å². The summed E-state index contributed by atoms with van der Waals surface area (Å²) < 4.78 is 5.30. The van der Waals surface area contributed by atoms with Gasteiger partial charge >= 0.3 is 0 Å². The Morgan fingerprint density at radius 3 is 2.90 bits per heavy atom. The van der Waals surface area contributed by atoms with Gasteiger partial charge in [0.15, 0.2) is 5.76 Å². The summed E-state index contributed by atoms with van der Waals surface area (Å²) in [5.74, 6) is 0.673. The predicted octanol–water partition coefficient (Wildman–Crippen LogP) is 3.65. The Morgan fingerprint density at radius 2 is 2.20 bits per heavy atom. The van der Waals surface area contributed by atoms with E-state index in [2.05, 4.69) is 11.4 Å². The van der Waals surface area contributed by atoms with Gasteiger partial charge < -0.3 is 9.73 Å². The van der Waals surface area contributed by atoms with Gasteiger partial charge in [0.1, 0.15) is 16.8 Å². The minimum atomic E-state index is -0.298. The van der Waals surface area contributed by atoms with Gasteiger partial charge in [0.25, 0.3) is 5.91 Å². The van der Waals surface area contributed by atoms with Gasteiger partial charge in [0, 0.05) is 4.88 Å². The number of hydrogen-bond donors (Lipinski definition) is 1. The highest BCUT2D eigenvalue weighted by atomic mass is 32.1. The van der Waals surface area contributed by atoms with Crippen molar-refractivity contribution in [2.75, 3.05) is 5.32 Å². The first-order valence-corrected chi connectivity index (χ1v) is 7.43. The SMILES string of the molecule is Cc1ccc(C(=O)Nc2sc3c(c2C#N)CCCC3)o1. The standard InChI is InChI=1S/C15H14N2O2S/c1-9-6-7-12(19-9)14(18)17-15-11(8-16)10-4-2-3-5-13(10)20-15/h6-7H,2-5H2,1H3,(H,17,18). The predicted molar refractivity (Wildman–Crippen MR) is 77.1 cm³/mol. The molecule has 2 aromatic rings. The number of carbonyl (C=O) groups excluding carboxylic acids is 1. The molecule has 0 radical (unpaired) electrons. The van der Waals surface area contributed by atoms with Crippen molar-refractivity contribution < 1.29 is 9.21 Å². The van der Waals surface area contributed by atoms with E-state index in [9.17, 15) is 10.1 Å². The van der Waals surface area contributed by atoms with Gasteiger partial charge in [-0.05, 0) is 50.3 Å². The molecule has 0 aromatic carbocycles. The second kappa shape index (κ2) is 5.14. The molecule has 0 fully saturated rings. The molecule has 0 bridgehead atoms. The Balaban J connectivity index is 1.89. The quantitative estimate of drug-likeness (QED) is 0.916. The van der Waals surface area contributed by atoms with E-state index in [1.807, 2.05) is 0 Å². The van der Waals surface area contributed by atoms with Crippen LogP contribution in [-0.4, -0.2) is 5.91 Å². The third-order valence-corrected chi connectivity index (χ3v) is 4.68. The van der Waals surface area contributed by atoms with Crippen molar-refractivity contribution in [3.8, 4) is 6.07 Å². The number of nitrogens with one attached hydrogen (secondary N) is 1. The second-order valence-corrected chi connectivity index (χ2v) is 6.00. The number of nitriles is 1. The topological polar surface area (TPSA) is 66.0 Å². The fourth-order valence-electron chi connectivity index (χ4n) is 2.49. The third kappa shape index (κ3) is 2.23. The van der Waals surface area contributed by atoms with Gasteiger partial charge in [-0.1, -0.05) is 0 Å². The minimum Gasteiger partial charge on any atom is -0.456 e. The van der Waals surface area contributed by atoms with Crippen LogP contribution in [0.5, 0.6) is 0 Å². The molecule has 0 saturated carbocycles. The highest BCUT2D eigenvalue weighted by Gasteiger charge is 2.22. The van der Waals surface area contributed by atoms with Crippen LogP contribution < -0.4 is 5.32 Å². The molecule has 5 heteroatoms. The van der Waals surface area contributed by atoms with Crippen molar-refractivity contribution in [1.82, 2.24) is 0 Å². The van der Waals surface area contributed by atoms with Crippen LogP contribution in [0.1, 0.15) is 45.2 Å². The summed E-state index contributed by atoms with van der Waals surface area (Å²) in [5, 5.41) is 12.8. The van der Waals surface area contributed by atoms with Crippen molar-refractivity contribution in [3.05, 3.63) is 39.7 Å². The number of furan rings is 1. The molecule has 0 spiro atoms. The summed E-state index contributed by atoms with van der Waals surface area (Å²) in [4.78, 5) is 13.3. The summed E-state index contributed by atoms with van der Waals surface area (Å²) in [6.07, 6.45) is 4.21. The van der Waals surface area contributed by atoms with Gasteiger partial charge in [0.05, 0.1) is 5.56 Å². The van der Waals surface area contributed by atoms with Crippen LogP contribution in [0.15, 0.2) is 16.5 Å². The molecule has 2 aromatic heterocycles. The number of rotatable bonds is 2. The maximum absolute atomic E-state index is 12.1. The maximum Gasteiger partial charge on any atom is 0.292 e. The molecule has 102 valence electrons. The molecule has 1 aliphatic carbocycles. The Kier molecular flexibility index (Phi) is 3.33. The number of amides is 1. The van der Waals surface area contributed by atoms with E-state index in [1.54, 1.807) is 19.1 Å². The van der Waals surface area contributed by atoms with Gasteiger partial charge in [-0.15, -0.1) is 11.3 Å². The average molecular weight is 286 g/mol. The molecule has 1 N–H and O–H groups in total. The van der Waals surface area contributed by atoms with Crippen LogP contribution in [0.3, 0.4) is 0 Å². The van der Waals surface area contributed by atoms with Crippen molar-refractivity contribution in [3.63, 3.8) is 0 Å². The van der Waals surface area contributed by atoms with Crippen LogP contribution in [-0.2, 0) is 12.8 Å². The monoisotopic (exact) mass is 286 g/mol. The molecule has 1 aliphatic rings. The van der Waals surface area contributed by atoms with Crippen LogP contribution in [0.2, 0.25) is 0 Å². The Bertz CT molecular complexity index is 706. The first-order valence-electron chi connectivity index (χ1n) is 6.61. The summed E-state index contributed by atoms with van der Waals surface area (Å²) in [6, 6.07) is 5.62. The first kappa shape index (κ1) is 12.9. The second-order valence-electron chi connectivity index (χ2n) is 4.89. The lowest BCUT2D eigenvalue weighted by Gasteiger charge is -2.09. The largest absolute Gasteiger partial charge is 0.456 e. The van der Waals surface area contributed by atoms with Crippen LogP contribution in [0.25, 0.3) is 0 Å². The van der Waals surface area contributed by atoms with Crippen molar-refractivity contribution in [1.29, 1.82) is 5.26 Å². The number of thiophene rings is 1. The summed E-state index contributed by atoms with van der Waals surface area (Å²) in [7, 11) is 0. The molecule has 1 amide bonds. The number of anilines is 1. The minimum absolute atomic E-state index is 0.276. The van der Waals surface area contributed by atoms with E-state index in [1.165, 1.54) is 16.2 Å². The molecule has 4 nitrogen and oxygen atoms in total. The van der Waals surface area contributed by atoms with Gasteiger partial charge in [0.2, 0.25) is 0 Å². The van der Waals surface area contributed by atoms with Crippen molar-refractivity contribution in [2.24, 2.45) is 0 Å². The third-order valence-electron chi connectivity index (χ3n) is 3.47. The fraction of sp³-hybridized carbons (Fsp3) is 0.333. The Labute approximate surface area is 121 Å². The van der Waals surface area contributed by atoms with Gasteiger partial charge in [-0.2, -0.15) is 5.26 Å². The molecule has 0 atom stereocenters. The fourth-order valence-corrected chi connectivity index (χ4v) is 3.73. The molecule has 2 heterocycles. The van der Waals surface area contributed by atoms with Crippen LogP contribution in [0.4, 0.5) is 5.00 Å². The molecular formula is C15H14N2O2S. The zero-order chi connectivity index (χ0) is 14.1. The zero-order valence-corrected chi connectivity index (χ0v) is 12.0. The smallest absolute Gasteiger partial charge is 0.292 e. The number of hydrogen-bond acceptors (Lipinski definition) is 4. The highest BCUT2D eigenvalue weighted by molar-refractivity contribution is 7.16. The Hall–Kier alpha value is -2.06. The summed E-state index contributed by atoms with van der Waals surface area (Å²) in [5.41, 5.74) is 1.75. The van der Waals surface area contributed by atoms with Crippen LogP contribution >= 0.6 is 11.3 Å². The van der Waals surface area contributed by atoms with E-state index in [0.29, 0.717) is 16.3 Å². The van der Waals surface area contributed by atoms with E-state index in [4.69, 9.17) is 4.42 Å². The van der Waals surface area contributed by atoms with E-state index in [0.717, 1.165) is 31.2 Å². The van der Waals surface area contributed by atoms with Crippen LogP contribution in [0, 0.1) is 18.3 Å². The highest BCUT2D eigenvalue weighted by Crippen LogP contribution is 2.37. The molecular weight excluding hydrogens is 272 g/mol. The maximum atomic E-state index is 12.1. The number of aryl methyl sites for hydroxylation is 2. The van der Waals surface area contributed by atoms with Gasteiger partial charge in [-0.3, -0.25) is 4.79 Å². The zero-order valence-electron chi connectivity index (χ0n) is 11.2. The van der Waals surface area contributed by atoms with Crippen molar-refractivity contribution in [2.45, 2.75) is 32.6 Å². The number of fused-ring (bicyclic) bond motifs is 1. The summed E-state index contributed by atoms with van der Waals surface area (Å²) >= 11 is 1.52. The molecule has 0 unspecified atom stereocenters. The molecule has 3 rings (SSSR count). The lowest BCUT2D eigenvalue weighted by Crippen LogP contribution is -2.10. The normalized spacial score (nSPS) is 13.6. The first-order chi connectivity index (χ1) is 9.69. The molecule has 20 heavy (non-hydrogen) atoms. The van der Waals surface area contributed by atoms with E-state index in [-0.39, 0.29) is 11.7 Å². The van der Waals surface area contributed by atoms with Gasteiger partial charge in [-0.25, -0.2) is 0 Å². The lowest BCUT2D eigenvalue weighted by atomic mass is 9.96. The van der Waals surface area contributed by atoms with E-state index >= 15 is 0 Å². The Morgan fingerprint density at radius 1 is 1.40 bits per heavy atom. The summed E-state index contributed by atoms with van der Waals surface area (Å²) in [6.45, 7) is 1.79. The number of carbonyl (C=O) groups is 1. The molecule has 0 saturated heterocycles. The van der Waals surface area contributed by atoms with Crippen molar-refractivity contribution >= 4 is 22.2 Å². The molecule has 0 aliphatic heterocycles. The number of nitrogens with zero attached hydrogens (tertiary/aromatic N) is 1. The average Bonchev–Trinajstić information content (AvgIpc) is 3.01.